The summed E-state index contributed by atoms with van der Waals surface area (Å²) in [5.74, 6) is 0. The zero-order valence-corrected chi connectivity index (χ0v) is 73.0. The molecule has 0 radical (unpaired) electrons. The monoisotopic (exact) mass is 1740 g/mol. The third-order valence-electron chi connectivity index (χ3n) is 28.3. The molecule has 1 N–H and O–H groups in total. The SMILES string of the molecule is Brc1ccc2c3c(cccc13)C21c2cccc3cccc1c23.C.c1ccc(-c2ccc(N(c3ccc(-c4ccc(-n5c6ccccc6c6cc(-c7ccccc7)ccc65)cc4)cc3)c3ccc4c5c(cccc35)C43c4cccc5cccc3c45)cc2)cc1.c1ccc(-c2ccc(Nc3ccc(-c4ccc(-n5c6ccccc6c6cc(-c7ccccc7)ccc65)cc4)cc3)cc2)cc1. The van der Waals surface area contributed by atoms with Crippen molar-refractivity contribution in [3.63, 3.8) is 0 Å². The Balaban J connectivity index is 0.000000119. The number of para-hydroxylation sites is 2. The van der Waals surface area contributed by atoms with Gasteiger partial charge in [0.25, 0.3) is 0 Å². The van der Waals surface area contributed by atoms with Gasteiger partial charge in [0.15, 0.2) is 0 Å². The number of rotatable bonds is 13. The molecule has 2 heterocycles. The Labute approximate surface area is 775 Å². The Bertz CT molecular complexity index is 8580. The van der Waals surface area contributed by atoms with Crippen LogP contribution in [-0.4, -0.2) is 9.13 Å². The molecule has 2 spiro atoms. The minimum atomic E-state index is -0.156. The first-order valence-electron chi connectivity index (χ1n) is 45.2. The number of hydrogen-bond acceptors (Lipinski definition) is 2. The third-order valence-corrected chi connectivity index (χ3v) is 29.0. The van der Waals surface area contributed by atoms with Crippen molar-refractivity contribution in [2.24, 2.45) is 0 Å². The summed E-state index contributed by atoms with van der Waals surface area (Å²) in [5.41, 5.74) is 38.7. The molecular formula is C127H85BrN4. The van der Waals surface area contributed by atoms with Gasteiger partial charge in [-0.1, -0.05) is 387 Å². The molecule has 0 saturated carbocycles. The van der Waals surface area contributed by atoms with Gasteiger partial charge in [-0.2, -0.15) is 0 Å². The summed E-state index contributed by atoms with van der Waals surface area (Å²) in [6.07, 6.45) is 0. The normalized spacial score (nSPS) is 12.8. The summed E-state index contributed by atoms with van der Waals surface area (Å²) < 4.78 is 5.96. The summed E-state index contributed by atoms with van der Waals surface area (Å²) in [7, 11) is 0. The van der Waals surface area contributed by atoms with Gasteiger partial charge in [-0.05, 0) is 270 Å². The lowest BCUT2D eigenvalue weighted by Gasteiger charge is -2.52. The highest BCUT2D eigenvalue weighted by atomic mass is 79.9. The van der Waals surface area contributed by atoms with Crippen LogP contribution in [0.4, 0.5) is 28.4 Å². The standard InChI is InChI=1S/C63H40N2.C42H30N2.C21H11Br.CH4/c1-3-12-41(13-4-1)43-24-31-48(32-25-43)64(59-39-37-57-62-52(59)19-11-22-56(62)63(57)54-20-9-16-46-17-10-21-55(63)61(46)54)49-33-26-44(27-34-49)45-28-35-50(36-29-45)65-58-23-8-7-18-51(58)53-40-47(30-38-60(53)65)42-14-5-2-6-15-42;1-3-9-30(10-4-1)32-15-22-36(23-16-32)43-37-24-17-33(18-25-37)34-19-26-38(27-20-34)44-41-14-8-7-13-39(41)40-29-35(21-28-42(40)44)31-11-5-2-6-12-31;22-18-11-10-17-20-13(18)6-3-9-16(20)21(17)14-7-1-4-12-5-2-8-15(21)19(12)14;/h1-40H;1-29,43H;1-11H;1H4. The highest BCUT2D eigenvalue weighted by Crippen LogP contribution is 2.67. The van der Waals surface area contributed by atoms with E-state index in [1.165, 1.54) is 208 Å². The smallest absolute Gasteiger partial charge is 0.0726 e. The number of benzene rings is 22. The lowest BCUT2D eigenvalue weighted by Crippen LogP contribution is -2.43. The number of nitrogens with one attached hydrogen (secondary N) is 1. The van der Waals surface area contributed by atoms with E-state index < -0.39 is 0 Å². The van der Waals surface area contributed by atoms with Crippen LogP contribution < -0.4 is 10.2 Å². The molecule has 0 unspecified atom stereocenters. The molecule has 132 heavy (non-hydrogen) atoms. The predicted molar refractivity (Wildman–Crippen MR) is 560 cm³/mol. The lowest BCUT2D eigenvalue weighted by molar-refractivity contribution is 0.701. The minimum Gasteiger partial charge on any atom is -0.356 e. The van der Waals surface area contributed by atoms with Crippen LogP contribution >= 0.6 is 15.9 Å². The number of nitrogens with zero attached hydrogens (tertiary/aromatic N) is 3. The number of aromatic nitrogens is 2. The van der Waals surface area contributed by atoms with Crippen LogP contribution in [0.15, 0.2) is 490 Å². The fourth-order valence-electron chi connectivity index (χ4n) is 22.3. The number of fused-ring (bicyclic) bond motifs is 14. The number of anilines is 5. The van der Waals surface area contributed by atoms with Gasteiger partial charge in [0.05, 0.1) is 38.6 Å². The average molecular weight is 1750 g/mol. The molecule has 24 aromatic rings. The van der Waals surface area contributed by atoms with Crippen molar-refractivity contribution in [1.82, 2.24) is 9.13 Å². The molecule has 620 valence electrons. The lowest BCUT2D eigenvalue weighted by atomic mass is 9.49. The van der Waals surface area contributed by atoms with Gasteiger partial charge >= 0.3 is 0 Å². The first kappa shape index (κ1) is 77.9. The quantitative estimate of drug-likeness (QED) is 0.124. The van der Waals surface area contributed by atoms with E-state index in [2.05, 4.69) is 515 Å². The van der Waals surface area contributed by atoms with Crippen molar-refractivity contribution in [1.29, 1.82) is 0 Å². The van der Waals surface area contributed by atoms with Gasteiger partial charge < -0.3 is 19.4 Å². The molecule has 22 aromatic carbocycles. The van der Waals surface area contributed by atoms with E-state index in [4.69, 9.17) is 0 Å². The largest absolute Gasteiger partial charge is 0.356 e. The molecule has 4 aliphatic carbocycles. The van der Waals surface area contributed by atoms with E-state index in [-0.39, 0.29) is 18.3 Å². The second-order valence-corrected chi connectivity index (χ2v) is 35.9. The summed E-state index contributed by atoms with van der Waals surface area (Å²) in [4.78, 5) is 2.44. The fraction of sp³-hybridized carbons (Fsp3) is 0.0236. The van der Waals surface area contributed by atoms with Crippen molar-refractivity contribution in [3.05, 3.63) is 534 Å². The van der Waals surface area contributed by atoms with Gasteiger partial charge in [-0.15, -0.1) is 0 Å². The molecule has 0 fully saturated rings. The summed E-state index contributed by atoms with van der Waals surface area (Å²) in [6, 6.07) is 177. The third kappa shape index (κ3) is 12.0. The van der Waals surface area contributed by atoms with Gasteiger partial charge in [0.2, 0.25) is 0 Å². The van der Waals surface area contributed by atoms with E-state index in [0.717, 1.165) is 34.1 Å². The predicted octanol–water partition coefficient (Wildman–Crippen LogP) is 34.5. The van der Waals surface area contributed by atoms with Crippen LogP contribution in [0.25, 0.3) is 165 Å². The molecule has 0 saturated heterocycles. The zero-order chi connectivity index (χ0) is 86.4. The van der Waals surface area contributed by atoms with Gasteiger partial charge in [0.1, 0.15) is 0 Å². The van der Waals surface area contributed by atoms with Crippen LogP contribution in [0, 0.1) is 0 Å². The Morgan fingerprint density at radius 1 is 0.205 bits per heavy atom. The second-order valence-electron chi connectivity index (χ2n) is 35.0. The summed E-state index contributed by atoms with van der Waals surface area (Å²) >= 11 is 3.70. The first-order chi connectivity index (χ1) is 64.9. The van der Waals surface area contributed by atoms with E-state index in [1.54, 1.807) is 0 Å². The van der Waals surface area contributed by atoms with Crippen LogP contribution in [0.1, 0.15) is 51.9 Å². The minimum absolute atomic E-state index is 0. The maximum absolute atomic E-state index is 3.70. The summed E-state index contributed by atoms with van der Waals surface area (Å²) in [5, 5.41) is 19.6. The molecule has 0 bridgehead atoms. The number of halogens is 1. The molecule has 4 aliphatic rings. The molecule has 28 rings (SSSR count). The summed E-state index contributed by atoms with van der Waals surface area (Å²) in [6.45, 7) is 0. The Kier molecular flexibility index (Phi) is 18.4. The van der Waals surface area contributed by atoms with E-state index >= 15 is 0 Å². The Hall–Kier alpha value is -16.4. The van der Waals surface area contributed by atoms with Crippen molar-refractivity contribution >= 4 is 131 Å². The fourth-order valence-corrected chi connectivity index (χ4v) is 22.8. The van der Waals surface area contributed by atoms with Crippen LogP contribution in [0.2, 0.25) is 0 Å². The van der Waals surface area contributed by atoms with Crippen LogP contribution in [-0.2, 0) is 10.8 Å². The zero-order valence-electron chi connectivity index (χ0n) is 71.4. The van der Waals surface area contributed by atoms with Gasteiger partial charge in [-0.3, -0.25) is 0 Å². The average Bonchev–Trinajstić information content (AvgIpc) is 0.702. The molecule has 0 amide bonds. The number of hydrogen-bond donors (Lipinski definition) is 1. The Morgan fingerprint density at radius 2 is 0.485 bits per heavy atom. The maximum atomic E-state index is 3.70. The molecule has 5 heteroatoms. The van der Waals surface area contributed by atoms with Crippen LogP contribution in [0.5, 0.6) is 0 Å². The first-order valence-corrected chi connectivity index (χ1v) is 46.0. The maximum Gasteiger partial charge on any atom is 0.0726 e. The molecule has 4 nitrogen and oxygen atoms in total. The molecular weight excluding hydrogens is 1660 g/mol. The van der Waals surface area contributed by atoms with Crippen molar-refractivity contribution in [2.75, 3.05) is 10.2 Å². The van der Waals surface area contributed by atoms with Gasteiger partial charge in [0, 0.05) is 65.5 Å². The second kappa shape index (κ2) is 31.2. The van der Waals surface area contributed by atoms with Crippen LogP contribution in [0.3, 0.4) is 0 Å². The highest BCUT2D eigenvalue weighted by Gasteiger charge is 2.56. The van der Waals surface area contributed by atoms with Gasteiger partial charge in [-0.25, -0.2) is 0 Å². The molecule has 0 atom stereocenters. The van der Waals surface area contributed by atoms with Crippen molar-refractivity contribution in [2.45, 2.75) is 18.3 Å². The van der Waals surface area contributed by atoms with Crippen molar-refractivity contribution < 1.29 is 0 Å². The molecule has 0 aliphatic heterocycles. The molecule has 2 aromatic heterocycles. The topological polar surface area (TPSA) is 25.1 Å². The highest BCUT2D eigenvalue weighted by molar-refractivity contribution is 9.10. The Morgan fingerprint density at radius 3 is 0.879 bits per heavy atom. The van der Waals surface area contributed by atoms with E-state index in [1.807, 2.05) is 6.07 Å². The van der Waals surface area contributed by atoms with E-state index in [9.17, 15) is 0 Å². The van der Waals surface area contributed by atoms with E-state index in [0.29, 0.717) is 0 Å². The van der Waals surface area contributed by atoms with Crippen molar-refractivity contribution in [3.8, 4) is 78.1 Å².